The molecule has 0 aliphatic heterocycles. The average Bonchev–Trinajstić information content (AvgIpc) is 2.67. The third-order valence-electron chi connectivity index (χ3n) is 3.74. The van der Waals surface area contributed by atoms with Gasteiger partial charge in [-0.1, -0.05) is 60.7 Å². The lowest BCUT2D eigenvalue weighted by molar-refractivity contribution is 0.0947. The number of carbonyl (C=O) groups is 1. The van der Waals surface area contributed by atoms with Crippen LogP contribution in [0.15, 0.2) is 72.8 Å². The highest BCUT2D eigenvalue weighted by Gasteiger charge is 2.08. The number of hydrogen-bond acceptors (Lipinski definition) is 3. The topological polar surface area (TPSA) is 54.9 Å². The van der Waals surface area contributed by atoms with Crippen molar-refractivity contribution in [3.8, 4) is 11.3 Å². The monoisotopic (exact) mass is 317 g/mol. The van der Waals surface area contributed by atoms with Crippen LogP contribution in [0.5, 0.6) is 0 Å². The fourth-order valence-electron chi connectivity index (χ4n) is 2.45. The summed E-state index contributed by atoms with van der Waals surface area (Å²) in [4.78, 5) is 12.1. The smallest absolute Gasteiger partial charge is 0.271 e. The summed E-state index contributed by atoms with van der Waals surface area (Å²) in [5, 5.41) is 11.1. The molecule has 3 aromatic rings. The zero-order valence-electron chi connectivity index (χ0n) is 13.4. The molecule has 0 radical (unpaired) electrons. The van der Waals surface area contributed by atoms with E-state index in [0.29, 0.717) is 12.2 Å². The van der Waals surface area contributed by atoms with Crippen LogP contribution < -0.4 is 5.32 Å². The Morgan fingerprint density at radius 3 is 2.21 bits per heavy atom. The molecular formula is C20H19N3O. The van der Waals surface area contributed by atoms with Crippen molar-refractivity contribution >= 4 is 5.91 Å². The molecule has 0 aliphatic rings. The van der Waals surface area contributed by atoms with Crippen LogP contribution in [0.25, 0.3) is 11.3 Å². The molecule has 4 heteroatoms. The number of carbonyl (C=O) groups excluding carboxylic acids is 1. The van der Waals surface area contributed by atoms with Gasteiger partial charge in [-0.2, -0.15) is 0 Å². The molecule has 2 aromatic carbocycles. The highest BCUT2D eigenvalue weighted by Crippen LogP contribution is 2.14. The minimum absolute atomic E-state index is 0.185. The average molecular weight is 317 g/mol. The number of rotatable bonds is 6. The summed E-state index contributed by atoms with van der Waals surface area (Å²) in [6, 6.07) is 23.6. The van der Waals surface area contributed by atoms with E-state index in [9.17, 15) is 4.79 Å². The van der Waals surface area contributed by atoms with Crippen LogP contribution in [0.3, 0.4) is 0 Å². The summed E-state index contributed by atoms with van der Waals surface area (Å²) in [6.45, 7) is 0.621. The van der Waals surface area contributed by atoms with Crippen molar-refractivity contribution < 1.29 is 4.79 Å². The van der Waals surface area contributed by atoms with E-state index in [2.05, 4.69) is 27.6 Å². The van der Waals surface area contributed by atoms with Crippen LogP contribution in [0, 0.1) is 0 Å². The van der Waals surface area contributed by atoms with E-state index in [0.717, 1.165) is 24.1 Å². The quantitative estimate of drug-likeness (QED) is 0.708. The van der Waals surface area contributed by atoms with E-state index in [1.54, 1.807) is 6.07 Å². The Hall–Kier alpha value is -3.01. The summed E-state index contributed by atoms with van der Waals surface area (Å²) in [7, 11) is 0. The molecular weight excluding hydrogens is 298 g/mol. The largest absolute Gasteiger partial charge is 0.351 e. The molecule has 0 saturated carbocycles. The van der Waals surface area contributed by atoms with Gasteiger partial charge in [-0.25, -0.2) is 0 Å². The third kappa shape index (κ3) is 4.26. The van der Waals surface area contributed by atoms with Gasteiger partial charge in [-0.3, -0.25) is 4.79 Å². The Morgan fingerprint density at radius 1 is 0.833 bits per heavy atom. The first kappa shape index (κ1) is 15.9. The lowest BCUT2D eigenvalue weighted by atomic mass is 10.1. The van der Waals surface area contributed by atoms with E-state index >= 15 is 0 Å². The molecule has 0 aliphatic carbocycles. The highest BCUT2D eigenvalue weighted by atomic mass is 16.1. The van der Waals surface area contributed by atoms with Crippen molar-refractivity contribution in [1.82, 2.24) is 15.5 Å². The number of aromatic nitrogens is 2. The SMILES string of the molecule is O=C(NCCCc1ccccc1)c1ccc(-c2ccccc2)nn1. The third-order valence-corrected chi connectivity index (χ3v) is 3.74. The molecule has 0 saturated heterocycles. The van der Waals surface area contributed by atoms with Crippen LogP contribution in [0.2, 0.25) is 0 Å². The van der Waals surface area contributed by atoms with Crippen molar-refractivity contribution in [2.75, 3.05) is 6.54 Å². The molecule has 24 heavy (non-hydrogen) atoms. The first-order valence-corrected chi connectivity index (χ1v) is 8.04. The van der Waals surface area contributed by atoms with Crippen LogP contribution >= 0.6 is 0 Å². The fraction of sp³-hybridized carbons (Fsp3) is 0.150. The zero-order chi connectivity index (χ0) is 16.6. The van der Waals surface area contributed by atoms with Gasteiger partial charge in [0, 0.05) is 12.1 Å². The van der Waals surface area contributed by atoms with Gasteiger partial charge in [0.05, 0.1) is 5.69 Å². The number of benzene rings is 2. The Labute approximate surface area is 141 Å². The lowest BCUT2D eigenvalue weighted by Crippen LogP contribution is -2.26. The molecule has 1 aromatic heterocycles. The van der Waals surface area contributed by atoms with Crippen molar-refractivity contribution in [1.29, 1.82) is 0 Å². The normalized spacial score (nSPS) is 10.3. The van der Waals surface area contributed by atoms with Gasteiger partial charge >= 0.3 is 0 Å². The summed E-state index contributed by atoms with van der Waals surface area (Å²) in [5.74, 6) is -0.185. The first-order chi connectivity index (χ1) is 11.8. The molecule has 0 spiro atoms. The van der Waals surface area contributed by atoms with Crippen LogP contribution in [-0.4, -0.2) is 22.6 Å². The number of amides is 1. The van der Waals surface area contributed by atoms with Crippen LogP contribution in [0.4, 0.5) is 0 Å². The van der Waals surface area contributed by atoms with Gasteiger partial charge in [0.15, 0.2) is 5.69 Å². The summed E-state index contributed by atoms with van der Waals surface area (Å²) in [6.07, 6.45) is 1.84. The number of nitrogens with one attached hydrogen (secondary N) is 1. The Morgan fingerprint density at radius 2 is 1.54 bits per heavy atom. The second kappa shape index (κ2) is 8.02. The number of hydrogen-bond donors (Lipinski definition) is 1. The number of aryl methyl sites for hydroxylation is 1. The van der Waals surface area contributed by atoms with E-state index in [1.165, 1.54) is 5.56 Å². The van der Waals surface area contributed by atoms with E-state index in [4.69, 9.17) is 0 Å². The molecule has 0 atom stereocenters. The minimum atomic E-state index is -0.185. The van der Waals surface area contributed by atoms with Crippen LogP contribution in [0.1, 0.15) is 22.5 Å². The highest BCUT2D eigenvalue weighted by molar-refractivity contribution is 5.92. The van der Waals surface area contributed by atoms with E-state index < -0.39 is 0 Å². The number of nitrogens with zero attached hydrogens (tertiary/aromatic N) is 2. The van der Waals surface area contributed by atoms with E-state index in [-0.39, 0.29) is 5.91 Å². The predicted octanol–water partition coefficient (Wildman–Crippen LogP) is 3.51. The zero-order valence-corrected chi connectivity index (χ0v) is 13.4. The molecule has 0 bridgehead atoms. The predicted molar refractivity (Wildman–Crippen MR) is 94.6 cm³/mol. The van der Waals surface area contributed by atoms with Crippen LogP contribution in [-0.2, 0) is 6.42 Å². The standard InChI is InChI=1S/C20H19N3O/c24-20(21-15-7-10-16-8-3-1-4-9-16)19-14-13-18(22-23-19)17-11-5-2-6-12-17/h1-6,8-9,11-14H,7,10,15H2,(H,21,24). The Kier molecular flexibility index (Phi) is 5.30. The van der Waals surface area contributed by atoms with Crippen molar-refractivity contribution in [3.05, 3.63) is 84.1 Å². The maximum absolute atomic E-state index is 12.1. The van der Waals surface area contributed by atoms with Crippen molar-refractivity contribution in [2.24, 2.45) is 0 Å². The summed E-state index contributed by atoms with van der Waals surface area (Å²) < 4.78 is 0. The first-order valence-electron chi connectivity index (χ1n) is 8.04. The van der Waals surface area contributed by atoms with Crippen molar-refractivity contribution in [2.45, 2.75) is 12.8 Å². The Bertz CT molecular complexity index is 771. The second-order valence-corrected chi connectivity index (χ2v) is 5.51. The van der Waals surface area contributed by atoms with Gasteiger partial charge < -0.3 is 5.32 Å². The minimum Gasteiger partial charge on any atom is -0.351 e. The molecule has 1 heterocycles. The van der Waals surface area contributed by atoms with Gasteiger partial charge in [0.1, 0.15) is 0 Å². The molecule has 1 amide bonds. The van der Waals surface area contributed by atoms with E-state index in [1.807, 2.05) is 54.6 Å². The fourth-order valence-corrected chi connectivity index (χ4v) is 2.45. The molecule has 0 unspecified atom stereocenters. The molecule has 4 nitrogen and oxygen atoms in total. The maximum atomic E-state index is 12.1. The lowest BCUT2D eigenvalue weighted by Gasteiger charge is -2.05. The summed E-state index contributed by atoms with van der Waals surface area (Å²) in [5.41, 5.74) is 3.36. The summed E-state index contributed by atoms with van der Waals surface area (Å²) >= 11 is 0. The van der Waals surface area contributed by atoms with Crippen molar-refractivity contribution in [3.63, 3.8) is 0 Å². The van der Waals surface area contributed by atoms with Gasteiger partial charge in [0.2, 0.25) is 0 Å². The second-order valence-electron chi connectivity index (χ2n) is 5.51. The molecule has 1 N–H and O–H groups in total. The molecule has 120 valence electrons. The van der Waals surface area contributed by atoms with Gasteiger partial charge in [0.25, 0.3) is 5.91 Å². The maximum Gasteiger partial charge on any atom is 0.271 e. The molecule has 0 fully saturated rings. The molecule has 3 rings (SSSR count). The van der Waals surface area contributed by atoms with Gasteiger partial charge in [-0.15, -0.1) is 10.2 Å². The Balaban J connectivity index is 1.50. The van der Waals surface area contributed by atoms with Gasteiger partial charge in [-0.05, 0) is 30.5 Å².